The molecule has 0 amide bonds. The highest BCUT2D eigenvalue weighted by atomic mass is 35.5. The molecular weight excluding hydrogens is 306 g/mol. The Bertz CT molecular complexity index is 870. The second-order valence-corrected chi connectivity index (χ2v) is 6.55. The van der Waals surface area contributed by atoms with Crippen molar-refractivity contribution in [2.75, 3.05) is 0 Å². The van der Waals surface area contributed by atoms with Gasteiger partial charge in [-0.05, 0) is 43.7 Å². The molecule has 0 aliphatic rings. The van der Waals surface area contributed by atoms with E-state index in [4.69, 9.17) is 11.6 Å². The molecule has 0 saturated heterocycles. The summed E-state index contributed by atoms with van der Waals surface area (Å²) in [5.41, 5.74) is 2.41. The molecule has 0 radical (unpaired) electrons. The number of carbonyl (C=O) groups is 1. The molecule has 0 aliphatic carbocycles. The third kappa shape index (κ3) is 2.41. The lowest BCUT2D eigenvalue weighted by Crippen LogP contribution is -2.01. The summed E-state index contributed by atoms with van der Waals surface area (Å²) in [5, 5.41) is 10.4. The van der Waals surface area contributed by atoms with E-state index in [1.165, 1.54) is 0 Å². The largest absolute Gasteiger partial charge is 0.478 e. The van der Waals surface area contributed by atoms with Gasteiger partial charge in [-0.25, -0.2) is 9.78 Å². The molecule has 5 heteroatoms. The van der Waals surface area contributed by atoms with E-state index in [0.717, 1.165) is 15.3 Å². The summed E-state index contributed by atoms with van der Waals surface area (Å²) < 4.78 is 0. The number of carboxylic acid groups (broad SMARTS) is 1. The summed E-state index contributed by atoms with van der Waals surface area (Å²) in [7, 11) is 0. The molecule has 0 fully saturated rings. The SMILES string of the molecule is Cc1ccc(-c2cc(C(=O)O)c3c(Cl)ccc(C)c3n2)s1. The molecule has 0 saturated carbocycles. The number of pyridine rings is 1. The second-order valence-electron chi connectivity index (χ2n) is 4.86. The normalized spacial score (nSPS) is 11.0. The third-order valence-electron chi connectivity index (χ3n) is 3.33. The third-order valence-corrected chi connectivity index (χ3v) is 4.67. The number of benzene rings is 1. The van der Waals surface area contributed by atoms with Crippen LogP contribution in [-0.2, 0) is 0 Å². The Kier molecular flexibility index (Phi) is 3.43. The molecule has 106 valence electrons. The van der Waals surface area contributed by atoms with Gasteiger partial charge in [0.25, 0.3) is 0 Å². The van der Waals surface area contributed by atoms with Crippen molar-refractivity contribution in [2.45, 2.75) is 13.8 Å². The van der Waals surface area contributed by atoms with Crippen LogP contribution in [0.2, 0.25) is 5.02 Å². The molecule has 3 aromatic rings. The number of hydrogen-bond donors (Lipinski definition) is 1. The van der Waals surface area contributed by atoms with Gasteiger partial charge in [0.15, 0.2) is 0 Å². The van der Waals surface area contributed by atoms with E-state index in [-0.39, 0.29) is 5.56 Å². The highest BCUT2D eigenvalue weighted by Gasteiger charge is 2.17. The first-order chi connectivity index (χ1) is 9.97. The minimum atomic E-state index is -0.996. The van der Waals surface area contributed by atoms with Gasteiger partial charge in [-0.3, -0.25) is 0 Å². The van der Waals surface area contributed by atoms with Crippen LogP contribution in [0.5, 0.6) is 0 Å². The number of halogens is 1. The van der Waals surface area contributed by atoms with E-state index >= 15 is 0 Å². The number of nitrogens with zero attached hydrogens (tertiary/aromatic N) is 1. The lowest BCUT2D eigenvalue weighted by Gasteiger charge is -2.09. The summed E-state index contributed by atoms with van der Waals surface area (Å²) in [4.78, 5) is 18.3. The fraction of sp³-hybridized carbons (Fsp3) is 0.125. The van der Waals surface area contributed by atoms with Crippen molar-refractivity contribution in [3.63, 3.8) is 0 Å². The molecule has 1 N–H and O–H groups in total. The van der Waals surface area contributed by atoms with Gasteiger partial charge in [-0.15, -0.1) is 11.3 Å². The van der Waals surface area contributed by atoms with Crippen molar-refractivity contribution in [2.24, 2.45) is 0 Å². The van der Waals surface area contributed by atoms with Crippen LogP contribution in [0.15, 0.2) is 30.3 Å². The topological polar surface area (TPSA) is 50.2 Å². The second kappa shape index (κ2) is 5.13. The van der Waals surface area contributed by atoms with Crippen molar-refractivity contribution < 1.29 is 9.90 Å². The number of rotatable bonds is 2. The van der Waals surface area contributed by atoms with Crippen LogP contribution in [0.4, 0.5) is 0 Å². The molecule has 0 bridgehead atoms. The Morgan fingerprint density at radius 2 is 2.00 bits per heavy atom. The molecule has 3 nitrogen and oxygen atoms in total. The molecular formula is C16H12ClNO2S. The fourth-order valence-electron chi connectivity index (χ4n) is 2.30. The van der Waals surface area contributed by atoms with Gasteiger partial charge in [0, 0.05) is 10.3 Å². The van der Waals surface area contributed by atoms with Crippen LogP contribution >= 0.6 is 22.9 Å². The summed E-state index contributed by atoms with van der Waals surface area (Å²) in [6.07, 6.45) is 0. The molecule has 1 aromatic carbocycles. The van der Waals surface area contributed by atoms with Crippen LogP contribution in [0.1, 0.15) is 20.8 Å². The Hall–Kier alpha value is -1.91. The highest BCUT2D eigenvalue weighted by molar-refractivity contribution is 7.15. The van der Waals surface area contributed by atoms with Crippen LogP contribution < -0.4 is 0 Å². The zero-order valence-corrected chi connectivity index (χ0v) is 13.0. The summed E-state index contributed by atoms with van der Waals surface area (Å²) in [6, 6.07) is 9.12. The number of hydrogen-bond acceptors (Lipinski definition) is 3. The number of thiophene rings is 1. The molecule has 21 heavy (non-hydrogen) atoms. The van der Waals surface area contributed by atoms with Crippen LogP contribution in [0.25, 0.3) is 21.5 Å². The maximum Gasteiger partial charge on any atom is 0.336 e. The quantitative estimate of drug-likeness (QED) is 0.729. The van der Waals surface area contributed by atoms with Gasteiger partial charge < -0.3 is 5.11 Å². The van der Waals surface area contributed by atoms with Crippen molar-refractivity contribution in [1.29, 1.82) is 0 Å². The number of aryl methyl sites for hydroxylation is 2. The van der Waals surface area contributed by atoms with Crippen molar-refractivity contribution in [3.05, 3.63) is 51.4 Å². The van der Waals surface area contributed by atoms with Gasteiger partial charge >= 0.3 is 5.97 Å². The zero-order valence-electron chi connectivity index (χ0n) is 11.5. The molecule has 2 aromatic heterocycles. The van der Waals surface area contributed by atoms with Gasteiger partial charge in [0.05, 0.1) is 26.7 Å². The lowest BCUT2D eigenvalue weighted by molar-refractivity contribution is 0.0699. The van der Waals surface area contributed by atoms with Gasteiger partial charge in [0.2, 0.25) is 0 Å². The average molecular weight is 318 g/mol. The van der Waals surface area contributed by atoms with E-state index in [0.29, 0.717) is 21.6 Å². The molecule has 0 spiro atoms. The van der Waals surface area contributed by atoms with Crippen molar-refractivity contribution in [1.82, 2.24) is 4.98 Å². The van der Waals surface area contributed by atoms with E-state index in [1.54, 1.807) is 23.5 Å². The minimum absolute atomic E-state index is 0.190. The first-order valence-corrected chi connectivity index (χ1v) is 7.57. The van der Waals surface area contributed by atoms with Gasteiger partial charge in [-0.1, -0.05) is 17.7 Å². The fourth-order valence-corrected chi connectivity index (χ4v) is 3.38. The monoisotopic (exact) mass is 317 g/mol. The maximum absolute atomic E-state index is 11.6. The summed E-state index contributed by atoms with van der Waals surface area (Å²) in [5.74, 6) is -0.996. The zero-order chi connectivity index (χ0) is 15.1. The molecule has 3 rings (SSSR count). The molecule has 0 atom stereocenters. The first-order valence-electron chi connectivity index (χ1n) is 6.37. The Labute approximate surface area is 130 Å². The lowest BCUT2D eigenvalue weighted by atomic mass is 10.0. The first kappa shape index (κ1) is 14.0. The van der Waals surface area contributed by atoms with Gasteiger partial charge in [-0.2, -0.15) is 0 Å². The van der Waals surface area contributed by atoms with Gasteiger partial charge in [0.1, 0.15) is 0 Å². The van der Waals surface area contributed by atoms with Crippen molar-refractivity contribution in [3.8, 4) is 10.6 Å². The maximum atomic E-state index is 11.6. The average Bonchev–Trinajstić information content (AvgIpc) is 2.88. The predicted molar refractivity (Wildman–Crippen MR) is 86.5 cm³/mol. The van der Waals surface area contributed by atoms with E-state index in [9.17, 15) is 9.90 Å². The molecule has 2 heterocycles. The Balaban J connectivity index is 2.40. The minimum Gasteiger partial charge on any atom is -0.478 e. The number of aromatic nitrogens is 1. The van der Waals surface area contributed by atoms with E-state index < -0.39 is 5.97 Å². The Morgan fingerprint density at radius 1 is 1.24 bits per heavy atom. The van der Waals surface area contributed by atoms with Crippen LogP contribution in [-0.4, -0.2) is 16.1 Å². The highest BCUT2D eigenvalue weighted by Crippen LogP contribution is 2.33. The standard InChI is InChI=1S/C16H12ClNO2S/c1-8-3-5-11(17)14-10(16(19)20)7-12(18-15(8)14)13-6-4-9(2)21-13/h3-7H,1-2H3,(H,19,20). The predicted octanol–water partition coefficient (Wildman–Crippen LogP) is 4.93. The van der Waals surface area contributed by atoms with Crippen LogP contribution in [0, 0.1) is 13.8 Å². The van der Waals surface area contributed by atoms with E-state index in [2.05, 4.69) is 4.98 Å². The van der Waals surface area contributed by atoms with E-state index in [1.807, 2.05) is 32.0 Å². The molecule has 0 unspecified atom stereocenters. The van der Waals surface area contributed by atoms with Crippen LogP contribution in [0.3, 0.4) is 0 Å². The number of fused-ring (bicyclic) bond motifs is 1. The summed E-state index contributed by atoms with van der Waals surface area (Å²) in [6.45, 7) is 3.91. The smallest absolute Gasteiger partial charge is 0.336 e. The molecule has 0 aliphatic heterocycles. The Morgan fingerprint density at radius 3 is 2.62 bits per heavy atom. The number of aromatic carboxylic acids is 1. The van der Waals surface area contributed by atoms with Crippen molar-refractivity contribution >= 4 is 39.8 Å². The summed E-state index contributed by atoms with van der Waals surface area (Å²) >= 11 is 7.77. The number of carboxylic acids is 1.